The van der Waals surface area contributed by atoms with Crippen molar-refractivity contribution in [1.29, 1.82) is 5.39 Å². The number of methoxy groups -OCH3 is 1. The van der Waals surface area contributed by atoms with Crippen LogP contribution in [0.3, 0.4) is 0 Å². The Morgan fingerprint density at radius 2 is 2.27 bits per heavy atom. The molecule has 0 aliphatic carbocycles. The lowest BCUT2D eigenvalue weighted by molar-refractivity contribution is -0.272. The molecule has 1 aromatic heterocycles. The fourth-order valence-electron chi connectivity index (χ4n) is 1.47. The molecule has 76 valence electrons. The van der Waals surface area contributed by atoms with Gasteiger partial charge in [0, 0.05) is 0 Å². The summed E-state index contributed by atoms with van der Waals surface area (Å²) in [6.45, 7) is 0. The van der Waals surface area contributed by atoms with Crippen LogP contribution >= 0.6 is 11.6 Å². The Morgan fingerprint density at radius 3 is 2.87 bits per heavy atom. The van der Waals surface area contributed by atoms with Gasteiger partial charge in [0.15, 0.2) is 4.98 Å². The average molecular weight is 224 g/mol. The second-order valence-corrected chi connectivity index (χ2v) is 3.31. The van der Waals surface area contributed by atoms with E-state index in [1.165, 1.54) is 7.11 Å². The van der Waals surface area contributed by atoms with E-state index in [1.54, 1.807) is 12.1 Å². The number of hydrogen-bond acceptors (Lipinski definition) is 3. The van der Waals surface area contributed by atoms with E-state index in [0.717, 1.165) is 0 Å². The number of aromatic nitrogens is 1. The van der Waals surface area contributed by atoms with Gasteiger partial charge in [-0.3, -0.25) is 0 Å². The second-order valence-electron chi connectivity index (χ2n) is 2.90. The Balaban J connectivity index is 2.95. The molecule has 5 nitrogen and oxygen atoms in total. The molecule has 1 heterocycles. The molecule has 0 bridgehead atoms. The number of nitrogens with zero attached hydrogens (tertiary/aromatic N) is 2. The molecule has 0 aliphatic rings. The molecule has 0 saturated carbocycles. The van der Waals surface area contributed by atoms with Gasteiger partial charge in [-0.1, -0.05) is 11.6 Å². The van der Waals surface area contributed by atoms with Crippen molar-refractivity contribution in [2.24, 2.45) is 0 Å². The molecular formula is C9H6ClN3O2. The van der Waals surface area contributed by atoms with Crippen LogP contribution in [-0.4, -0.2) is 12.1 Å². The first-order chi connectivity index (χ1) is 7.19. The predicted octanol–water partition coefficient (Wildman–Crippen LogP) is 2.39. The number of aromatic amines is 1. The van der Waals surface area contributed by atoms with Gasteiger partial charge in [0.1, 0.15) is 11.1 Å². The van der Waals surface area contributed by atoms with Gasteiger partial charge in [-0.2, -0.15) is 0 Å². The summed E-state index contributed by atoms with van der Waals surface area (Å²) in [6.07, 6.45) is 0. The molecule has 1 N–H and O–H groups in total. The maximum Gasteiger partial charge on any atom is 0.404 e. The molecule has 0 aliphatic heterocycles. The minimum absolute atomic E-state index is 0.103. The highest BCUT2D eigenvalue weighted by Crippen LogP contribution is 2.41. The lowest BCUT2D eigenvalue weighted by Crippen LogP contribution is -1.88. The largest absolute Gasteiger partial charge is 0.855 e. The summed E-state index contributed by atoms with van der Waals surface area (Å²) in [6, 6.07) is 3.20. The van der Waals surface area contributed by atoms with Crippen LogP contribution in [0.4, 0.5) is 5.69 Å². The monoisotopic (exact) mass is 223 g/mol. The fourth-order valence-corrected chi connectivity index (χ4v) is 1.71. The topological polar surface area (TPSA) is 76.2 Å². The van der Waals surface area contributed by atoms with E-state index >= 15 is 0 Å². The zero-order valence-corrected chi connectivity index (χ0v) is 8.50. The maximum absolute atomic E-state index is 11.4. The van der Waals surface area contributed by atoms with Crippen LogP contribution in [0.25, 0.3) is 15.9 Å². The minimum Gasteiger partial charge on any atom is -0.855 e. The Bertz CT molecular complexity index is 571. The minimum atomic E-state index is -0.501. The van der Waals surface area contributed by atoms with Gasteiger partial charge in [-0.05, 0) is 12.1 Å². The Hall–Kier alpha value is -1.93. The van der Waals surface area contributed by atoms with E-state index in [9.17, 15) is 5.11 Å². The van der Waals surface area contributed by atoms with Gasteiger partial charge in [-0.15, -0.1) is 0 Å². The standard InChI is InChI=1S/C9H6ClN3O2/c1-15-5-3-2-4(10)6-7(5)12-9(14)8(6)13-11/h2-3,11H,1H3. The first kappa shape index (κ1) is 9.62. The van der Waals surface area contributed by atoms with Crippen molar-refractivity contribution in [2.75, 3.05) is 7.11 Å². The van der Waals surface area contributed by atoms with Crippen LogP contribution in [0.1, 0.15) is 0 Å². The Morgan fingerprint density at radius 1 is 1.53 bits per heavy atom. The number of nitrogens with one attached hydrogen (secondary N) is 1. The smallest absolute Gasteiger partial charge is 0.404 e. The van der Waals surface area contributed by atoms with Crippen molar-refractivity contribution in [3.63, 3.8) is 0 Å². The van der Waals surface area contributed by atoms with E-state index in [0.29, 0.717) is 21.7 Å². The van der Waals surface area contributed by atoms with Crippen molar-refractivity contribution >= 4 is 28.2 Å². The summed E-state index contributed by atoms with van der Waals surface area (Å²) >= 11 is 5.90. The number of halogens is 1. The molecule has 0 radical (unpaired) electrons. The summed E-state index contributed by atoms with van der Waals surface area (Å²) in [5, 5.41) is 20.8. The highest BCUT2D eigenvalue weighted by atomic mass is 35.5. The van der Waals surface area contributed by atoms with Gasteiger partial charge < -0.3 is 14.8 Å². The lowest BCUT2D eigenvalue weighted by Gasteiger charge is -2.00. The van der Waals surface area contributed by atoms with Crippen LogP contribution in [0.15, 0.2) is 12.1 Å². The van der Waals surface area contributed by atoms with E-state index in [2.05, 4.69) is 9.96 Å². The van der Waals surface area contributed by atoms with Crippen LogP contribution in [0, 0.1) is 5.39 Å². The molecule has 0 amide bonds. The lowest BCUT2D eigenvalue weighted by atomic mass is 10.2. The number of H-pyrrole nitrogens is 1. The van der Waals surface area contributed by atoms with Gasteiger partial charge in [0.25, 0.3) is 0 Å². The quantitative estimate of drug-likeness (QED) is 0.754. The Labute approximate surface area is 89.9 Å². The summed E-state index contributed by atoms with van der Waals surface area (Å²) in [5.74, 6) is -0.0275. The molecule has 0 atom stereocenters. The summed E-state index contributed by atoms with van der Waals surface area (Å²) in [4.78, 5) is 5.43. The molecule has 0 saturated heterocycles. The van der Waals surface area contributed by atoms with Crippen molar-refractivity contribution < 1.29 is 9.84 Å². The van der Waals surface area contributed by atoms with E-state index in [1.807, 2.05) is 0 Å². The number of diazo groups is 1. The summed E-state index contributed by atoms with van der Waals surface area (Å²) in [5.41, 5.74) is 0.330. The van der Waals surface area contributed by atoms with E-state index in [-0.39, 0.29) is 5.69 Å². The molecule has 0 fully saturated rings. The summed E-state index contributed by atoms with van der Waals surface area (Å²) in [7, 11) is 1.48. The fraction of sp³-hybridized carbons (Fsp3) is 0.111. The SMILES string of the molecule is COc1ccc(Cl)c2c([N+]#N)c([O-])[nH]c12. The van der Waals surface area contributed by atoms with Gasteiger partial charge in [-0.25, -0.2) is 0 Å². The van der Waals surface area contributed by atoms with Crippen molar-refractivity contribution in [3.8, 4) is 11.6 Å². The zero-order valence-electron chi connectivity index (χ0n) is 7.74. The van der Waals surface area contributed by atoms with Crippen molar-refractivity contribution in [1.82, 2.24) is 4.98 Å². The first-order valence-electron chi connectivity index (χ1n) is 4.09. The van der Waals surface area contributed by atoms with Crippen LogP contribution < -0.4 is 9.84 Å². The number of benzene rings is 1. The molecule has 2 aromatic rings. The molecular weight excluding hydrogens is 218 g/mol. The van der Waals surface area contributed by atoms with Crippen LogP contribution in [-0.2, 0) is 0 Å². The van der Waals surface area contributed by atoms with Gasteiger partial charge in [0.05, 0.1) is 23.5 Å². The number of fused-ring (bicyclic) bond motifs is 1. The third-order valence-corrected chi connectivity index (χ3v) is 2.44. The van der Waals surface area contributed by atoms with E-state index in [4.69, 9.17) is 21.7 Å². The molecule has 2 rings (SSSR count). The zero-order chi connectivity index (χ0) is 11.0. The van der Waals surface area contributed by atoms with E-state index < -0.39 is 5.88 Å². The normalized spacial score (nSPS) is 10.2. The molecule has 6 heteroatoms. The number of ether oxygens (including phenoxy) is 1. The molecule has 0 unspecified atom stereocenters. The third-order valence-electron chi connectivity index (χ3n) is 2.13. The summed E-state index contributed by atoms with van der Waals surface area (Å²) < 4.78 is 5.04. The second kappa shape index (κ2) is 3.33. The highest BCUT2D eigenvalue weighted by molar-refractivity contribution is 6.37. The molecule has 0 spiro atoms. The number of rotatable bonds is 1. The number of hydrogen-bond donors (Lipinski definition) is 1. The average Bonchev–Trinajstić information content (AvgIpc) is 2.56. The molecule has 15 heavy (non-hydrogen) atoms. The van der Waals surface area contributed by atoms with Crippen LogP contribution in [0.2, 0.25) is 5.02 Å². The van der Waals surface area contributed by atoms with Crippen molar-refractivity contribution in [3.05, 3.63) is 22.1 Å². The van der Waals surface area contributed by atoms with Gasteiger partial charge >= 0.3 is 5.69 Å². The van der Waals surface area contributed by atoms with Crippen molar-refractivity contribution in [2.45, 2.75) is 0 Å². The maximum atomic E-state index is 11.4. The Kier molecular flexibility index (Phi) is 2.14. The highest BCUT2D eigenvalue weighted by Gasteiger charge is 2.21. The molecule has 1 aromatic carbocycles. The third kappa shape index (κ3) is 1.27. The first-order valence-corrected chi connectivity index (χ1v) is 4.47. The van der Waals surface area contributed by atoms with Gasteiger partial charge in [0.2, 0.25) is 5.39 Å². The predicted molar refractivity (Wildman–Crippen MR) is 54.1 cm³/mol. The van der Waals surface area contributed by atoms with Crippen LogP contribution in [0.5, 0.6) is 11.6 Å².